The van der Waals surface area contributed by atoms with Gasteiger partial charge in [-0.15, -0.1) is 0 Å². The maximum Gasteiger partial charge on any atom is 0.219 e. The Kier molecular flexibility index (Phi) is 2.54. The molecule has 0 spiro atoms. The van der Waals surface area contributed by atoms with Crippen LogP contribution in [0.4, 0.5) is 0 Å². The summed E-state index contributed by atoms with van der Waals surface area (Å²) in [4.78, 5) is 15.6. The summed E-state index contributed by atoms with van der Waals surface area (Å²) in [5, 5.41) is 0. The average molecular weight is 182 g/mol. The second-order valence-electron chi connectivity index (χ2n) is 4.13. The highest BCUT2D eigenvalue weighted by Crippen LogP contribution is 2.21. The minimum atomic E-state index is 0.238. The zero-order chi connectivity index (χ0) is 9.26. The number of amides is 1. The lowest BCUT2D eigenvalue weighted by Crippen LogP contribution is -2.51. The molecule has 0 saturated carbocycles. The molecule has 0 unspecified atom stereocenters. The largest absolute Gasteiger partial charge is 0.343 e. The topological polar surface area (TPSA) is 23.6 Å². The lowest BCUT2D eigenvalue weighted by atomic mass is 10.00. The molecule has 3 nitrogen and oxygen atoms in total. The average Bonchev–Trinajstić information content (AvgIpc) is 2.02. The van der Waals surface area contributed by atoms with Gasteiger partial charge in [0, 0.05) is 26.1 Å². The Morgan fingerprint density at radius 2 is 1.77 bits per heavy atom. The van der Waals surface area contributed by atoms with Crippen molar-refractivity contribution in [2.45, 2.75) is 32.2 Å². The molecule has 0 bridgehead atoms. The maximum atomic E-state index is 11.1. The van der Waals surface area contributed by atoms with E-state index in [9.17, 15) is 4.79 Å². The summed E-state index contributed by atoms with van der Waals surface area (Å²) >= 11 is 0. The van der Waals surface area contributed by atoms with E-state index in [2.05, 4.69) is 4.90 Å². The van der Waals surface area contributed by atoms with E-state index < -0.39 is 0 Å². The first-order chi connectivity index (χ1) is 6.27. The Bertz CT molecular complexity index is 193. The molecule has 0 N–H and O–H groups in total. The van der Waals surface area contributed by atoms with Gasteiger partial charge in [-0.3, -0.25) is 4.79 Å². The second kappa shape index (κ2) is 3.66. The van der Waals surface area contributed by atoms with E-state index in [1.54, 1.807) is 6.92 Å². The fourth-order valence-corrected chi connectivity index (χ4v) is 2.25. The molecule has 2 rings (SSSR count). The van der Waals surface area contributed by atoms with Crippen molar-refractivity contribution in [3.8, 4) is 0 Å². The minimum Gasteiger partial charge on any atom is -0.343 e. The van der Waals surface area contributed by atoms with Crippen LogP contribution in [0.3, 0.4) is 0 Å². The van der Waals surface area contributed by atoms with E-state index in [0.717, 1.165) is 19.1 Å². The van der Waals surface area contributed by atoms with Gasteiger partial charge in [-0.25, -0.2) is 0 Å². The number of piperidine rings is 1. The number of carbonyl (C=O) groups excluding carboxylic acids is 1. The van der Waals surface area contributed by atoms with Crippen LogP contribution >= 0.6 is 0 Å². The first-order valence-corrected chi connectivity index (χ1v) is 5.27. The highest BCUT2D eigenvalue weighted by molar-refractivity contribution is 5.73. The van der Waals surface area contributed by atoms with E-state index in [1.165, 1.54) is 32.4 Å². The number of hydrogen-bond donors (Lipinski definition) is 0. The number of likely N-dealkylation sites (tertiary alicyclic amines) is 2. The van der Waals surface area contributed by atoms with Gasteiger partial charge in [0.2, 0.25) is 5.91 Å². The molecular formula is C10H18N2O. The van der Waals surface area contributed by atoms with Gasteiger partial charge in [-0.05, 0) is 32.4 Å². The summed E-state index contributed by atoms with van der Waals surface area (Å²) in [6.07, 6.45) is 3.73. The van der Waals surface area contributed by atoms with Crippen LogP contribution in [0, 0.1) is 0 Å². The Balaban J connectivity index is 1.78. The van der Waals surface area contributed by atoms with Gasteiger partial charge in [0.1, 0.15) is 0 Å². The van der Waals surface area contributed by atoms with E-state index in [4.69, 9.17) is 0 Å². The van der Waals surface area contributed by atoms with Crippen molar-refractivity contribution in [1.29, 1.82) is 0 Å². The summed E-state index contributed by atoms with van der Waals surface area (Å²) in [6.45, 7) is 6.17. The van der Waals surface area contributed by atoms with Crippen molar-refractivity contribution in [3.63, 3.8) is 0 Å². The third-order valence-corrected chi connectivity index (χ3v) is 3.32. The Morgan fingerprint density at radius 1 is 1.15 bits per heavy atom. The highest BCUT2D eigenvalue weighted by atomic mass is 16.2. The smallest absolute Gasteiger partial charge is 0.219 e. The summed E-state index contributed by atoms with van der Waals surface area (Å²) in [7, 11) is 0. The van der Waals surface area contributed by atoms with Gasteiger partial charge in [-0.2, -0.15) is 0 Å². The van der Waals surface area contributed by atoms with Crippen LogP contribution in [-0.4, -0.2) is 47.9 Å². The SMILES string of the molecule is CC(=O)N1CCC(N2CCC2)CC1. The molecule has 2 aliphatic heterocycles. The standard InChI is InChI=1S/C10H18N2O/c1-9(13)11-7-3-10(4-8-11)12-5-2-6-12/h10H,2-8H2,1H3. The fourth-order valence-electron chi connectivity index (χ4n) is 2.25. The fraction of sp³-hybridized carbons (Fsp3) is 0.900. The monoisotopic (exact) mass is 182 g/mol. The Labute approximate surface area is 79.7 Å². The van der Waals surface area contributed by atoms with Crippen molar-refractivity contribution in [3.05, 3.63) is 0 Å². The predicted octanol–water partition coefficient (Wildman–Crippen LogP) is 0.703. The molecule has 3 heteroatoms. The second-order valence-corrected chi connectivity index (χ2v) is 4.13. The Morgan fingerprint density at radius 3 is 2.15 bits per heavy atom. The number of hydrogen-bond acceptors (Lipinski definition) is 2. The summed E-state index contributed by atoms with van der Waals surface area (Å²) < 4.78 is 0. The first kappa shape index (κ1) is 9.00. The van der Waals surface area contributed by atoms with Gasteiger partial charge in [0.05, 0.1) is 0 Å². The molecule has 1 amide bonds. The van der Waals surface area contributed by atoms with E-state index in [1.807, 2.05) is 4.90 Å². The molecule has 0 aromatic heterocycles. The first-order valence-electron chi connectivity index (χ1n) is 5.27. The molecule has 13 heavy (non-hydrogen) atoms. The third-order valence-electron chi connectivity index (χ3n) is 3.32. The van der Waals surface area contributed by atoms with Crippen molar-refractivity contribution in [1.82, 2.24) is 9.80 Å². The lowest BCUT2D eigenvalue weighted by Gasteiger charge is -2.42. The van der Waals surface area contributed by atoms with Crippen molar-refractivity contribution >= 4 is 5.91 Å². The quantitative estimate of drug-likeness (QED) is 0.596. The van der Waals surface area contributed by atoms with Crippen LogP contribution < -0.4 is 0 Å². The normalized spacial score (nSPS) is 25.8. The molecule has 0 radical (unpaired) electrons. The molecular weight excluding hydrogens is 164 g/mol. The van der Waals surface area contributed by atoms with Gasteiger partial charge in [-0.1, -0.05) is 0 Å². The molecule has 0 aromatic carbocycles. The maximum absolute atomic E-state index is 11.1. The van der Waals surface area contributed by atoms with E-state index in [0.29, 0.717) is 0 Å². The molecule has 2 aliphatic rings. The minimum absolute atomic E-state index is 0.238. The highest BCUT2D eigenvalue weighted by Gasteiger charge is 2.28. The molecule has 2 fully saturated rings. The van der Waals surface area contributed by atoms with Gasteiger partial charge >= 0.3 is 0 Å². The van der Waals surface area contributed by atoms with Crippen LogP contribution in [0.15, 0.2) is 0 Å². The molecule has 2 saturated heterocycles. The van der Waals surface area contributed by atoms with Crippen molar-refractivity contribution < 1.29 is 4.79 Å². The van der Waals surface area contributed by atoms with Gasteiger partial charge in [0.15, 0.2) is 0 Å². The van der Waals surface area contributed by atoms with Crippen molar-refractivity contribution in [2.75, 3.05) is 26.2 Å². The zero-order valence-electron chi connectivity index (χ0n) is 8.33. The molecule has 0 atom stereocenters. The zero-order valence-corrected chi connectivity index (χ0v) is 8.33. The summed E-state index contributed by atoms with van der Waals surface area (Å²) in [5.74, 6) is 0.238. The Hall–Kier alpha value is -0.570. The summed E-state index contributed by atoms with van der Waals surface area (Å²) in [6, 6.07) is 0.768. The number of rotatable bonds is 1. The van der Waals surface area contributed by atoms with Crippen molar-refractivity contribution in [2.24, 2.45) is 0 Å². The number of carbonyl (C=O) groups is 1. The van der Waals surface area contributed by atoms with Crippen LogP contribution in [-0.2, 0) is 4.79 Å². The molecule has 74 valence electrons. The van der Waals surface area contributed by atoms with Crippen LogP contribution in [0.5, 0.6) is 0 Å². The summed E-state index contributed by atoms with van der Waals surface area (Å²) in [5.41, 5.74) is 0. The number of nitrogens with zero attached hydrogens (tertiary/aromatic N) is 2. The predicted molar refractivity (Wildman–Crippen MR) is 51.5 cm³/mol. The third kappa shape index (κ3) is 1.85. The van der Waals surface area contributed by atoms with E-state index in [-0.39, 0.29) is 5.91 Å². The molecule has 0 aromatic rings. The van der Waals surface area contributed by atoms with Gasteiger partial charge < -0.3 is 9.80 Å². The van der Waals surface area contributed by atoms with Gasteiger partial charge in [0.25, 0.3) is 0 Å². The van der Waals surface area contributed by atoms with Crippen LogP contribution in [0.1, 0.15) is 26.2 Å². The molecule has 2 heterocycles. The van der Waals surface area contributed by atoms with E-state index >= 15 is 0 Å². The molecule has 0 aliphatic carbocycles. The lowest BCUT2D eigenvalue weighted by molar-refractivity contribution is -0.130. The van der Waals surface area contributed by atoms with Crippen LogP contribution in [0.2, 0.25) is 0 Å². The van der Waals surface area contributed by atoms with Crippen LogP contribution in [0.25, 0.3) is 0 Å².